The summed E-state index contributed by atoms with van der Waals surface area (Å²) in [5.74, 6) is -2.35. The molecule has 0 spiro atoms. The molecule has 15 heteroatoms. The van der Waals surface area contributed by atoms with E-state index in [9.17, 15) is 22.0 Å². The molecule has 0 aliphatic carbocycles. The largest absolute Gasteiger partial charge is 0.378 e. The van der Waals surface area contributed by atoms with E-state index in [4.69, 9.17) is 10.5 Å². The van der Waals surface area contributed by atoms with Gasteiger partial charge in [-0.25, -0.2) is 36.4 Å². The number of fused-ring (bicyclic) bond motifs is 2. The predicted octanol–water partition coefficient (Wildman–Crippen LogP) is 3.59. The normalized spacial score (nSPS) is 17.8. The van der Waals surface area contributed by atoms with Gasteiger partial charge in [0, 0.05) is 13.5 Å². The fourth-order valence-electron chi connectivity index (χ4n) is 4.84. The number of likely N-dealkylation sites (tertiary alicyclic amines) is 1. The molecule has 0 atom stereocenters. The van der Waals surface area contributed by atoms with Crippen LogP contribution in [0, 0.1) is 12.7 Å². The van der Waals surface area contributed by atoms with Gasteiger partial charge in [-0.2, -0.15) is 4.98 Å². The lowest BCUT2D eigenvalue weighted by Crippen LogP contribution is -2.55. The van der Waals surface area contributed by atoms with Crippen molar-refractivity contribution in [3.05, 3.63) is 30.0 Å². The van der Waals surface area contributed by atoms with Crippen molar-refractivity contribution < 1.29 is 26.7 Å². The molecule has 6 heterocycles. The Balaban J connectivity index is 0.000000214. The third kappa shape index (κ3) is 5.45. The number of alkyl halides is 4. The summed E-state index contributed by atoms with van der Waals surface area (Å²) in [5, 5.41) is 6.82. The highest BCUT2D eigenvalue weighted by molar-refractivity contribution is 5.89. The molecule has 2 aliphatic heterocycles. The Morgan fingerprint density at radius 3 is 2.62 bits per heavy atom. The average Bonchev–Trinajstić information content (AvgIpc) is 3.31. The lowest BCUT2D eigenvalue weighted by Gasteiger charge is -2.41. The van der Waals surface area contributed by atoms with Crippen LogP contribution in [0.4, 0.5) is 33.7 Å². The molecule has 10 nitrogen and oxygen atoms in total. The number of nitrogens with zero attached hydrogens (tertiary/aromatic N) is 7. The first-order chi connectivity index (χ1) is 18.6. The number of ether oxygens (including phenoxy) is 1. The van der Waals surface area contributed by atoms with E-state index in [2.05, 4.69) is 25.4 Å². The van der Waals surface area contributed by atoms with E-state index < -0.39 is 24.7 Å². The summed E-state index contributed by atoms with van der Waals surface area (Å²) in [5.41, 5.74) is 7.08. The third-order valence-electron chi connectivity index (χ3n) is 6.76. The maximum Gasteiger partial charge on any atom is 0.260 e. The second-order valence-electron chi connectivity index (χ2n) is 9.54. The number of nitrogens with one attached hydrogen (secondary N) is 1. The van der Waals surface area contributed by atoms with Crippen LogP contribution in [0.2, 0.25) is 0 Å². The fourth-order valence-corrected chi connectivity index (χ4v) is 4.84. The van der Waals surface area contributed by atoms with E-state index >= 15 is 0 Å². The molecule has 6 rings (SSSR count). The number of piperidine rings is 1. The van der Waals surface area contributed by atoms with Gasteiger partial charge >= 0.3 is 0 Å². The molecule has 0 amide bonds. The van der Waals surface area contributed by atoms with Gasteiger partial charge in [0.1, 0.15) is 16.9 Å². The summed E-state index contributed by atoms with van der Waals surface area (Å²) < 4.78 is 73.9. The minimum absolute atomic E-state index is 0.0255. The highest BCUT2D eigenvalue weighted by Crippen LogP contribution is 2.33. The quantitative estimate of drug-likeness (QED) is 0.361. The number of hydrogen-bond donors (Lipinski definition) is 2. The standard InChI is InChI=1S/C16H15F3N8.C8H13F2NO/c1-7-22-10-4-3-9(23-15(10)26(7)6-11(18)19)12-8(17)5-27-13(12)14(21-2)24-16(20)25-27;9-8(10)2-1-3-11(6-8)7-4-12-5-7/h3-5,11H,6H2,1-2H3,(H3,20,21,24,25);7H,1-6H2. The number of nitrogen functional groups attached to an aromatic ring is 1. The number of halogens is 5. The van der Waals surface area contributed by atoms with Gasteiger partial charge in [-0.05, 0) is 32.0 Å². The maximum atomic E-state index is 14.7. The fraction of sp³-hybridized carbons (Fsp3) is 0.500. The zero-order valence-corrected chi connectivity index (χ0v) is 21.3. The summed E-state index contributed by atoms with van der Waals surface area (Å²) in [6.07, 6.45) is -0.733. The van der Waals surface area contributed by atoms with Crippen LogP contribution < -0.4 is 11.1 Å². The van der Waals surface area contributed by atoms with Gasteiger partial charge < -0.3 is 20.4 Å². The van der Waals surface area contributed by atoms with Crippen molar-refractivity contribution in [3.8, 4) is 11.3 Å². The molecule has 0 bridgehead atoms. The van der Waals surface area contributed by atoms with E-state index in [0.717, 1.165) is 12.7 Å². The summed E-state index contributed by atoms with van der Waals surface area (Å²) in [6, 6.07) is 3.46. The Kier molecular flexibility index (Phi) is 7.29. The Morgan fingerprint density at radius 1 is 1.21 bits per heavy atom. The second-order valence-corrected chi connectivity index (χ2v) is 9.54. The number of imidazole rings is 1. The van der Waals surface area contributed by atoms with Crippen molar-refractivity contribution in [1.29, 1.82) is 0 Å². The molecule has 0 unspecified atom stereocenters. The highest BCUT2D eigenvalue weighted by atomic mass is 19.3. The van der Waals surface area contributed by atoms with Crippen molar-refractivity contribution in [2.75, 3.05) is 44.4 Å². The van der Waals surface area contributed by atoms with Gasteiger partial charge in [-0.1, -0.05) is 0 Å². The maximum absolute atomic E-state index is 14.7. The molecule has 0 aromatic carbocycles. The van der Waals surface area contributed by atoms with Gasteiger partial charge in [0.15, 0.2) is 17.3 Å². The number of aromatic nitrogens is 6. The second kappa shape index (κ2) is 10.5. The van der Waals surface area contributed by atoms with Crippen molar-refractivity contribution in [1.82, 2.24) is 34.0 Å². The number of pyridine rings is 1. The van der Waals surface area contributed by atoms with Crippen LogP contribution in [0.5, 0.6) is 0 Å². The molecule has 2 aliphatic rings. The molecule has 2 fully saturated rings. The Bertz CT molecular complexity index is 1480. The molecule has 0 saturated carbocycles. The van der Waals surface area contributed by atoms with Crippen LogP contribution in [-0.4, -0.2) is 85.8 Å². The van der Waals surface area contributed by atoms with E-state index in [0.29, 0.717) is 42.3 Å². The van der Waals surface area contributed by atoms with Crippen LogP contribution in [0.15, 0.2) is 18.3 Å². The molecule has 210 valence electrons. The van der Waals surface area contributed by atoms with Crippen LogP contribution in [-0.2, 0) is 11.3 Å². The van der Waals surface area contributed by atoms with Gasteiger partial charge in [-0.3, -0.25) is 4.90 Å². The lowest BCUT2D eigenvalue weighted by atomic mass is 10.0. The summed E-state index contributed by atoms with van der Waals surface area (Å²) in [6.45, 7) is 3.09. The first kappa shape index (κ1) is 27.0. The Hall–Kier alpha value is -3.59. The molecular formula is C24H28F5N9O. The predicted molar refractivity (Wildman–Crippen MR) is 135 cm³/mol. The van der Waals surface area contributed by atoms with Crippen molar-refractivity contribution >= 4 is 28.4 Å². The zero-order valence-electron chi connectivity index (χ0n) is 21.3. The Labute approximate surface area is 220 Å². The smallest absolute Gasteiger partial charge is 0.260 e. The van der Waals surface area contributed by atoms with E-state index in [1.165, 1.54) is 9.08 Å². The van der Waals surface area contributed by atoms with Gasteiger partial charge in [-0.15, -0.1) is 5.10 Å². The highest BCUT2D eigenvalue weighted by Gasteiger charge is 2.39. The number of rotatable bonds is 5. The summed E-state index contributed by atoms with van der Waals surface area (Å²) in [4.78, 5) is 14.6. The van der Waals surface area contributed by atoms with Crippen LogP contribution in [0.1, 0.15) is 18.7 Å². The third-order valence-corrected chi connectivity index (χ3v) is 6.76. The molecule has 4 aromatic rings. The first-order valence-electron chi connectivity index (χ1n) is 12.4. The molecule has 4 aromatic heterocycles. The SMILES string of the molecule is CNc1nc(N)nn2cc(F)c(-c3ccc4nc(C)n(CC(F)F)c4n3)c12.FC1(F)CCCN(C2COC2)C1. The summed E-state index contributed by atoms with van der Waals surface area (Å²) in [7, 11) is 1.62. The van der Waals surface area contributed by atoms with Crippen LogP contribution >= 0.6 is 0 Å². The molecule has 39 heavy (non-hydrogen) atoms. The number of anilines is 2. The van der Waals surface area contributed by atoms with Crippen LogP contribution in [0.3, 0.4) is 0 Å². The topological polar surface area (TPSA) is 111 Å². The summed E-state index contributed by atoms with van der Waals surface area (Å²) >= 11 is 0. The number of hydrogen-bond acceptors (Lipinski definition) is 8. The van der Waals surface area contributed by atoms with Gasteiger partial charge in [0.2, 0.25) is 5.95 Å². The van der Waals surface area contributed by atoms with Gasteiger partial charge in [0.05, 0.1) is 49.8 Å². The Morgan fingerprint density at radius 2 is 1.97 bits per heavy atom. The van der Waals surface area contributed by atoms with E-state index in [-0.39, 0.29) is 41.9 Å². The molecule has 0 radical (unpaired) electrons. The van der Waals surface area contributed by atoms with E-state index in [1.54, 1.807) is 26.1 Å². The van der Waals surface area contributed by atoms with Crippen LogP contribution in [0.25, 0.3) is 27.9 Å². The molecular weight excluding hydrogens is 525 g/mol. The van der Waals surface area contributed by atoms with Crippen molar-refractivity contribution in [2.24, 2.45) is 0 Å². The average molecular weight is 554 g/mol. The molecule has 3 N–H and O–H groups in total. The number of aryl methyl sites for hydroxylation is 1. The lowest BCUT2D eigenvalue weighted by molar-refractivity contribution is -0.126. The van der Waals surface area contributed by atoms with Crippen molar-refractivity contribution in [2.45, 2.75) is 44.7 Å². The first-order valence-corrected chi connectivity index (χ1v) is 12.4. The van der Waals surface area contributed by atoms with Gasteiger partial charge in [0.25, 0.3) is 12.3 Å². The minimum atomic E-state index is -2.56. The minimum Gasteiger partial charge on any atom is -0.378 e. The zero-order chi connectivity index (χ0) is 27.9. The van der Waals surface area contributed by atoms with E-state index in [1.807, 2.05) is 4.90 Å². The monoisotopic (exact) mass is 553 g/mol. The molecule has 2 saturated heterocycles. The number of nitrogens with two attached hydrogens (primary N) is 1. The van der Waals surface area contributed by atoms with Crippen molar-refractivity contribution in [3.63, 3.8) is 0 Å².